The summed E-state index contributed by atoms with van der Waals surface area (Å²) in [5, 5.41) is 0. The zero-order valence-electron chi connectivity index (χ0n) is 28.5. The number of carbonyl (C=O) groups is 1. The van der Waals surface area contributed by atoms with Crippen molar-refractivity contribution in [3.8, 4) is 22.4 Å². The van der Waals surface area contributed by atoms with Crippen molar-refractivity contribution in [1.82, 2.24) is 9.88 Å². The molecule has 49 heavy (non-hydrogen) atoms. The number of benzene rings is 3. The Morgan fingerprint density at radius 2 is 1.73 bits per heavy atom. The lowest BCUT2D eigenvalue weighted by atomic mass is 9.95. The maximum absolute atomic E-state index is 14.1. The molecule has 10 heteroatoms. The summed E-state index contributed by atoms with van der Waals surface area (Å²) in [6, 6.07) is 22.1. The molecule has 0 saturated heterocycles. The summed E-state index contributed by atoms with van der Waals surface area (Å²) >= 11 is 0. The van der Waals surface area contributed by atoms with Crippen LogP contribution in [0.25, 0.3) is 22.4 Å². The molecule has 3 N–H and O–H groups in total. The lowest BCUT2D eigenvalue weighted by Crippen LogP contribution is -2.40. The number of nitrogens with one attached hydrogen (secondary N) is 1. The third-order valence-electron chi connectivity index (χ3n) is 9.42. The molecule has 1 spiro atoms. The Kier molecular flexibility index (Phi) is 10.2. The van der Waals surface area contributed by atoms with Gasteiger partial charge < -0.3 is 10.5 Å². The van der Waals surface area contributed by atoms with E-state index in [9.17, 15) is 13.2 Å². The number of hydrogen-bond acceptors (Lipinski definition) is 7. The van der Waals surface area contributed by atoms with E-state index in [1.54, 1.807) is 42.6 Å². The molecule has 1 saturated carbocycles. The third kappa shape index (κ3) is 7.12. The first-order valence-corrected chi connectivity index (χ1v) is 18.7. The van der Waals surface area contributed by atoms with Gasteiger partial charge in [-0.15, -0.1) is 0 Å². The molecule has 0 unspecified atom stereocenters. The fraction of sp³-hybridized carbons (Fsp3) is 0.359. The van der Waals surface area contributed by atoms with Crippen molar-refractivity contribution in [1.29, 1.82) is 0 Å². The van der Waals surface area contributed by atoms with Crippen LogP contribution in [0.4, 0.5) is 11.4 Å². The number of aromatic nitrogens is 1. The molecule has 9 nitrogen and oxygen atoms in total. The summed E-state index contributed by atoms with van der Waals surface area (Å²) in [5.41, 5.74) is 11.6. The molecule has 1 aromatic heterocycles. The van der Waals surface area contributed by atoms with Crippen LogP contribution in [0.2, 0.25) is 0 Å². The number of carbonyl (C=O) groups excluding carboxylic acids is 1. The normalized spacial score (nSPS) is 15.6. The first-order valence-electron chi connectivity index (χ1n) is 17.2. The number of anilines is 2. The summed E-state index contributed by atoms with van der Waals surface area (Å²) in [4.78, 5) is 25.2. The fourth-order valence-corrected chi connectivity index (χ4v) is 8.32. The van der Waals surface area contributed by atoms with Crippen LogP contribution in [-0.2, 0) is 32.7 Å². The van der Waals surface area contributed by atoms with Gasteiger partial charge in [0.1, 0.15) is 16.3 Å². The van der Waals surface area contributed by atoms with Gasteiger partial charge in [-0.2, -0.15) is 0 Å². The number of amides is 1. The topological polar surface area (TPSA) is 127 Å². The highest BCUT2D eigenvalue weighted by atomic mass is 32.2. The van der Waals surface area contributed by atoms with Crippen LogP contribution < -0.4 is 10.5 Å². The van der Waals surface area contributed by atoms with Gasteiger partial charge in [-0.05, 0) is 73.6 Å². The number of rotatable bonds is 13. The zero-order valence-corrected chi connectivity index (χ0v) is 29.4. The lowest BCUT2D eigenvalue weighted by molar-refractivity contribution is -0.131. The van der Waals surface area contributed by atoms with Gasteiger partial charge in [0.05, 0.1) is 30.2 Å². The zero-order chi connectivity index (χ0) is 34.6. The van der Waals surface area contributed by atoms with Crippen molar-refractivity contribution < 1.29 is 17.9 Å². The summed E-state index contributed by atoms with van der Waals surface area (Å²) in [6.07, 6.45) is 8.20. The number of nitrogens with two attached hydrogens (primary N) is 1. The lowest BCUT2D eigenvalue weighted by Gasteiger charge is -2.23. The number of nitrogen functional groups attached to an aromatic ring is 1. The highest BCUT2D eigenvalue weighted by Gasteiger charge is 2.49. The minimum absolute atomic E-state index is 0.0260. The standard InChI is InChI=1S/C39H45N5O4S/c1-4-6-16-36-42-39(21-9-10-22-39)38(45)44(36)25-28-18-19-30(29(23-28)26-48-5-2)31-12-7-8-15-35(31)43-49(46,47)37-32(13-11-14-33(37)40)34-20-17-27(3)24-41-34/h7-8,11-15,17-20,23-24,43H,4-6,9-10,16,21-22,25-26,40H2,1-3H3. The number of aryl methyl sites for hydroxylation is 1. The van der Waals surface area contributed by atoms with Gasteiger partial charge in [0.25, 0.3) is 15.9 Å². The molecule has 1 aliphatic heterocycles. The number of nitrogens with zero attached hydrogens (tertiary/aromatic N) is 3. The van der Waals surface area contributed by atoms with E-state index in [-0.39, 0.29) is 16.5 Å². The summed E-state index contributed by atoms with van der Waals surface area (Å²) < 4.78 is 37.0. The molecule has 2 heterocycles. The van der Waals surface area contributed by atoms with Crippen LogP contribution in [0, 0.1) is 6.92 Å². The highest BCUT2D eigenvalue weighted by Crippen LogP contribution is 2.41. The highest BCUT2D eigenvalue weighted by molar-refractivity contribution is 7.93. The molecule has 1 amide bonds. The summed E-state index contributed by atoms with van der Waals surface area (Å²) in [6.45, 7) is 7.29. The maximum atomic E-state index is 14.1. The van der Waals surface area contributed by atoms with Gasteiger partial charge in [-0.25, -0.2) is 8.42 Å². The number of ether oxygens (including phenoxy) is 1. The van der Waals surface area contributed by atoms with E-state index in [0.717, 1.165) is 73.0 Å². The molecule has 0 bridgehead atoms. The Labute approximate surface area is 289 Å². The van der Waals surface area contributed by atoms with Crippen molar-refractivity contribution in [2.75, 3.05) is 17.1 Å². The number of unbranched alkanes of at least 4 members (excludes halogenated alkanes) is 1. The molecule has 256 valence electrons. The maximum Gasteiger partial charge on any atom is 0.264 e. The van der Waals surface area contributed by atoms with Gasteiger partial charge >= 0.3 is 0 Å². The predicted molar refractivity (Wildman–Crippen MR) is 196 cm³/mol. The average molecular weight is 680 g/mol. The van der Waals surface area contributed by atoms with Crippen LogP contribution in [0.1, 0.15) is 75.5 Å². The van der Waals surface area contributed by atoms with E-state index >= 15 is 0 Å². The van der Waals surface area contributed by atoms with E-state index in [1.807, 2.05) is 49.1 Å². The van der Waals surface area contributed by atoms with Crippen molar-refractivity contribution in [2.45, 2.75) is 89.3 Å². The molecular formula is C39H45N5O4S. The second kappa shape index (κ2) is 14.5. The van der Waals surface area contributed by atoms with Gasteiger partial charge in [-0.1, -0.05) is 80.8 Å². The molecule has 0 radical (unpaired) electrons. The number of sulfonamides is 1. The molecule has 0 atom stereocenters. The van der Waals surface area contributed by atoms with Crippen LogP contribution in [0.5, 0.6) is 0 Å². The van der Waals surface area contributed by atoms with Gasteiger partial charge in [-0.3, -0.25) is 24.4 Å². The Balaban J connectivity index is 1.34. The first-order chi connectivity index (χ1) is 23.7. The monoisotopic (exact) mass is 679 g/mol. The van der Waals surface area contributed by atoms with E-state index in [2.05, 4.69) is 22.7 Å². The van der Waals surface area contributed by atoms with E-state index in [0.29, 0.717) is 42.3 Å². The van der Waals surface area contributed by atoms with Crippen LogP contribution in [0.3, 0.4) is 0 Å². The minimum Gasteiger partial charge on any atom is -0.398 e. The van der Waals surface area contributed by atoms with E-state index in [4.69, 9.17) is 15.5 Å². The van der Waals surface area contributed by atoms with Gasteiger partial charge in [0.15, 0.2) is 0 Å². The average Bonchev–Trinajstić information content (AvgIpc) is 3.67. The van der Waals surface area contributed by atoms with Crippen molar-refractivity contribution in [3.05, 3.63) is 95.7 Å². The van der Waals surface area contributed by atoms with Crippen LogP contribution >= 0.6 is 0 Å². The quantitative estimate of drug-likeness (QED) is 0.138. The second-order valence-corrected chi connectivity index (χ2v) is 14.6. The third-order valence-corrected chi connectivity index (χ3v) is 10.9. The molecule has 1 aliphatic carbocycles. The number of pyridine rings is 1. The smallest absolute Gasteiger partial charge is 0.264 e. The second-order valence-electron chi connectivity index (χ2n) is 13.0. The first kappa shape index (κ1) is 34.3. The molecular weight excluding hydrogens is 635 g/mol. The van der Waals surface area contributed by atoms with Crippen molar-refractivity contribution in [2.24, 2.45) is 4.99 Å². The number of hydrogen-bond donors (Lipinski definition) is 2. The Hall–Kier alpha value is -4.54. The largest absolute Gasteiger partial charge is 0.398 e. The van der Waals surface area contributed by atoms with Crippen LogP contribution in [-0.4, -0.2) is 42.2 Å². The van der Waals surface area contributed by atoms with E-state index in [1.165, 1.54) is 0 Å². The van der Waals surface area contributed by atoms with E-state index < -0.39 is 15.6 Å². The van der Waals surface area contributed by atoms with Gasteiger partial charge in [0.2, 0.25) is 0 Å². The molecule has 3 aromatic carbocycles. The minimum atomic E-state index is -4.15. The summed E-state index contributed by atoms with van der Waals surface area (Å²) in [5.74, 6) is 1.01. The predicted octanol–water partition coefficient (Wildman–Crippen LogP) is 7.89. The SMILES string of the molecule is CCCCC1=NC2(CCCC2)C(=O)N1Cc1ccc(-c2ccccc2NS(=O)(=O)c2c(N)cccc2-c2ccc(C)cn2)c(COCC)c1. The van der Waals surface area contributed by atoms with Crippen molar-refractivity contribution >= 4 is 33.1 Å². The van der Waals surface area contributed by atoms with Gasteiger partial charge in [0, 0.05) is 30.4 Å². The van der Waals surface area contributed by atoms with Crippen LogP contribution in [0.15, 0.2) is 88.9 Å². The molecule has 2 aliphatic rings. The Morgan fingerprint density at radius 1 is 0.959 bits per heavy atom. The Morgan fingerprint density at radius 3 is 2.47 bits per heavy atom. The fourth-order valence-electron chi connectivity index (χ4n) is 6.91. The molecule has 1 fully saturated rings. The Bertz CT molecular complexity index is 1970. The molecule has 6 rings (SSSR count). The molecule has 4 aromatic rings. The van der Waals surface area contributed by atoms with Crippen molar-refractivity contribution in [3.63, 3.8) is 0 Å². The number of aliphatic imine (C=N–C) groups is 1. The number of para-hydroxylation sites is 1. The summed E-state index contributed by atoms with van der Waals surface area (Å²) in [7, 11) is -4.15. The number of amidine groups is 1.